The van der Waals surface area contributed by atoms with Crippen LogP contribution >= 0.6 is 0 Å². The van der Waals surface area contributed by atoms with E-state index >= 15 is 0 Å². The Balaban J connectivity index is 0.958. The van der Waals surface area contributed by atoms with Gasteiger partial charge in [-0.2, -0.15) is 0 Å². The molecule has 3 aromatic heterocycles. The smallest absolute Gasteiger partial charge is 0.0715 e. The van der Waals surface area contributed by atoms with E-state index in [2.05, 4.69) is 228 Å². The molecule has 0 saturated carbocycles. The summed E-state index contributed by atoms with van der Waals surface area (Å²) >= 11 is 0. The number of nitrogens with zero attached hydrogens (tertiary/aromatic N) is 3. The molecule has 12 aromatic rings. The van der Waals surface area contributed by atoms with Crippen LogP contribution in [0.4, 0.5) is 0 Å². The van der Waals surface area contributed by atoms with Crippen LogP contribution in [0.2, 0.25) is 0 Å². The topological polar surface area (TPSA) is 22.8 Å². The fourth-order valence-corrected chi connectivity index (χ4v) is 9.26. The van der Waals surface area contributed by atoms with E-state index in [-0.39, 0.29) is 0 Å². The first-order chi connectivity index (χ1) is 29.7. The van der Waals surface area contributed by atoms with Crippen molar-refractivity contribution in [1.29, 1.82) is 0 Å². The Morgan fingerprint density at radius 3 is 1.38 bits per heavy atom. The third-order valence-electron chi connectivity index (χ3n) is 12.1. The fraction of sp³-hybridized carbons (Fsp3) is 0. The molecule has 9 aromatic carbocycles. The fourth-order valence-electron chi connectivity index (χ4n) is 9.26. The molecule has 0 aliphatic carbocycles. The van der Waals surface area contributed by atoms with Crippen molar-refractivity contribution in [2.45, 2.75) is 0 Å². The summed E-state index contributed by atoms with van der Waals surface area (Å²) in [5.74, 6) is 0. The second-order valence-corrected chi connectivity index (χ2v) is 15.6. The molecule has 0 unspecified atom stereocenters. The number of aromatic nitrogens is 3. The Morgan fingerprint density at radius 2 is 0.733 bits per heavy atom. The molecule has 60 heavy (non-hydrogen) atoms. The highest BCUT2D eigenvalue weighted by atomic mass is 15.0. The van der Waals surface area contributed by atoms with Gasteiger partial charge in [0.2, 0.25) is 0 Å². The molecule has 0 spiro atoms. The molecular formula is C57H37N3. The molecule has 3 nitrogen and oxygen atoms in total. The lowest BCUT2D eigenvalue weighted by Gasteiger charge is -2.12. The summed E-state index contributed by atoms with van der Waals surface area (Å²) in [5.41, 5.74) is 15.9. The van der Waals surface area contributed by atoms with Crippen LogP contribution < -0.4 is 0 Å². The van der Waals surface area contributed by atoms with Gasteiger partial charge in [-0.05, 0) is 94.4 Å². The van der Waals surface area contributed by atoms with E-state index in [9.17, 15) is 0 Å². The van der Waals surface area contributed by atoms with Crippen molar-refractivity contribution in [3.05, 3.63) is 224 Å². The van der Waals surface area contributed by atoms with Gasteiger partial charge in [0.1, 0.15) is 0 Å². The number of hydrogen-bond donors (Lipinski definition) is 0. The molecule has 0 amide bonds. The van der Waals surface area contributed by atoms with Crippen molar-refractivity contribution in [1.82, 2.24) is 14.1 Å². The second-order valence-electron chi connectivity index (χ2n) is 15.6. The second kappa shape index (κ2) is 13.8. The van der Waals surface area contributed by atoms with Crippen molar-refractivity contribution in [3.63, 3.8) is 0 Å². The molecule has 3 heteroatoms. The zero-order chi connectivity index (χ0) is 39.6. The summed E-state index contributed by atoms with van der Waals surface area (Å²) in [7, 11) is 0. The van der Waals surface area contributed by atoms with E-state index in [1.165, 1.54) is 76.8 Å². The Kier molecular flexibility index (Phi) is 7.85. The van der Waals surface area contributed by atoms with Gasteiger partial charge in [-0.15, -0.1) is 0 Å². The predicted octanol–water partition coefficient (Wildman–Crippen LogP) is 15.1. The third kappa shape index (κ3) is 5.55. The van der Waals surface area contributed by atoms with Crippen LogP contribution in [-0.2, 0) is 0 Å². The number of para-hydroxylation sites is 2. The van der Waals surface area contributed by atoms with E-state index in [0.29, 0.717) is 0 Å². The van der Waals surface area contributed by atoms with Gasteiger partial charge in [0.25, 0.3) is 0 Å². The summed E-state index contributed by atoms with van der Waals surface area (Å²) in [6.07, 6.45) is 0. The number of rotatable bonds is 6. The molecule has 3 heterocycles. The van der Waals surface area contributed by atoms with Crippen molar-refractivity contribution < 1.29 is 0 Å². The Hall–Kier alpha value is -8.01. The molecular weight excluding hydrogens is 727 g/mol. The molecule has 0 radical (unpaired) electrons. The molecule has 280 valence electrons. The SMILES string of the molecule is c1ccc(-c2cc(-c3ccccc3)nc(-c3ccc(-n4c5ccccc5c5cc(-c6ccc7c(c6)c6ccccc6n7-c6cccc7ccccc67)ccc54)cc3)c2)cc1. The highest BCUT2D eigenvalue weighted by Gasteiger charge is 2.17. The summed E-state index contributed by atoms with van der Waals surface area (Å²) in [6.45, 7) is 0. The zero-order valence-corrected chi connectivity index (χ0v) is 32.7. The van der Waals surface area contributed by atoms with Crippen molar-refractivity contribution in [3.8, 4) is 56.1 Å². The maximum Gasteiger partial charge on any atom is 0.0715 e. The highest BCUT2D eigenvalue weighted by Crippen LogP contribution is 2.40. The third-order valence-corrected chi connectivity index (χ3v) is 12.1. The Bertz CT molecular complexity index is 3510. The number of pyridine rings is 1. The van der Waals surface area contributed by atoms with Crippen molar-refractivity contribution in [2.24, 2.45) is 0 Å². The average Bonchev–Trinajstić information content (AvgIpc) is 3.84. The summed E-state index contributed by atoms with van der Waals surface area (Å²) in [6, 6.07) is 81.0. The molecule has 0 aliphatic rings. The molecule has 12 rings (SSSR count). The van der Waals surface area contributed by atoms with Gasteiger partial charge >= 0.3 is 0 Å². The van der Waals surface area contributed by atoms with E-state index < -0.39 is 0 Å². The summed E-state index contributed by atoms with van der Waals surface area (Å²) in [4.78, 5) is 5.19. The monoisotopic (exact) mass is 763 g/mol. The minimum absolute atomic E-state index is 0.950. The van der Waals surface area contributed by atoms with Gasteiger partial charge in [-0.3, -0.25) is 0 Å². The van der Waals surface area contributed by atoms with Crippen LogP contribution in [0.1, 0.15) is 0 Å². The maximum absolute atomic E-state index is 5.19. The lowest BCUT2D eigenvalue weighted by Crippen LogP contribution is -1.95. The highest BCUT2D eigenvalue weighted by molar-refractivity contribution is 6.13. The first-order valence-corrected chi connectivity index (χ1v) is 20.5. The van der Waals surface area contributed by atoms with Crippen LogP contribution in [0.3, 0.4) is 0 Å². The van der Waals surface area contributed by atoms with Crippen LogP contribution in [0.5, 0.6) is 0 Å². The van der Waals surface area contributed by atoms with Gasteiger partial charge in [0.15, 0.2) is 0 Å². The van der Waals surface area contributed by atoms with Crippen LogP contribution in [-0.4, -0.2) is 14.1 Å². The van der Waals surface area contributed by atoms with Gasteiger partial charge in [0, 0.05) is 43.7 Å². The first-order valence-electron chi connectivity index (χ1n) is 20.5. The normalized spacial score (nSPS) is 11.7. The van der Waals surface area contributed by atoms with Crippen molar-refractivity contribution >= 4 is 54.4 Å². The zero-order valence-electron chi connectivity index (χ0n) is 32.7. The minimum atomic E-state index is 0.950. The number of benzene rings is 9. The molecule has 0 bridgehead atoms. The van der Waals surface area contributed by atoms with Gasteiger partial charge in [-0.25, -0.2) is 4.98 Å². The van der Waals surface area contributed by atoms with E-state index in [1.54, 1.807) is 0 Å². The maximum atomic E-state index is 5.19. The molecule has 0 atom stereocenters. The van der Waals surface area contributed by atoms with E-state index in [4.69, 9.17) is 4.98 Å². The predicted molar refractivity (Wildman–Crippen MR) is 252 cm³/mol. The lowest BCUT2D eigenvalue weighted by molar-refractivity contribution is 1.18. The molecule has 0 fully saturated rings. The average molecular weight is 764 g/mol. The molecule has 0 N–H and O–H groups in total. The van der Waals surface area contributed by atoms with Crippen LogP contribution in [0.15, 0.2) is 224 Å². The number of hydrogen-bond acceptors (Lipinski definition) is 1. The Morgan fingerprint density at radius 1 is 0.267 bits per heavy atom. The van der Waals surface area contributed by atoms with Crippen molar-refractivity contribution in [2.75, 3.05) is 0 Å². The lowest BCUT2D eigenvalue weighted by atomic mass is 10.00. The van der Waals surface area contributed by atoms with E-state index in [1.807, 2.05) is 6.07 Å². The summed E-state index contributed by atoms with van der Waals surface area (Å²) in [5, 5.41) is 7.45. The minimum Gasteiger partial charge on any atom is -0.309 e. The van der Waals surface area contributed by atoms with Crippen LogP contribution in [0, 0.1) is 0 Å². The standard InChI is InChI=1S/C57H37N3/c1-3-14-38(15-4-1)44-36-51(40-17-5-2-6-18-40)58-52(37-44)41-26-30-45(31-27-41)59-54-23-11-9-21-47(54)49-34-42(28-32-56(49)59)43-29-33-57-50(35-43)48-22-10-12-24-55(48)60(57)53-25-13-19-39-16-7-8-20-46(39)53/h1-37H. The van der Waals surface area contributed by atoms with Crippen LogP contribution in [0.25, 0.3) is 111 Å². The van der Waals surface area contributed by atoms with Gasteiger partial charge in [-0.1, -0.05) is 158 Å². The molecule has 0 aliphatic heterocycles. The quantitative estimate of drug-likeness (QED) is 0.165. The Labute approximate surface area is 347 Å². The number of fused-ring (bicyclic) bond motifs is 7. The van der Waals surface area contributed by atoms with Gasteiger partial charge in [0.05, 0.1) is 39.1 Å². The van der Waals surface area contributed by atoms with Gasteiger partial charge < -0.3 is 9.13 Å². The first kappa shape index (κ1) is 34.1. The summed E-state index contributed by atoms with van der Waals surface area (Å²) < 4.78 is 4.82. The molecule has 0 saturated heterocycles. The largest absolute Gasteiger partial charge is 0.309 e. The van der Waals surface area contributed by atoms with E-state index in [0.717, 1.165) is 33.8 Å².